The van der Waals surface area contributed by atoms with Crippen molar-refractivity contribution in [3.8, 4) is 0 Å². The Hall–Kier alpha value is -1.56. The van der Waals surface area contributed by atoms with Crippen molar-refractivity contribution in [3.05, 3.63) is 24.0 Å². The summed E-state index contributed by atoms with van der Waals surface area (Å²) in [6.45, 7) is 2.14. The van der Waals surface area contributed by atoms with E-state index < -0.39 is 5.97 Å². The van der Waals surface area contributed by atoms with Crippen molar-refractivity contribution in [1.82, 2.24) is 9.97 Å². The van der Waals surface area contributed by atoms with Gasteiger partial charge in [-0.25, -0.2) is 14.8 Å². The summed E-state index contributed by atoms with van der Waals surface area (Å²) in [5.74, 6) is 0.776. The topological polar surface area (TPSA) is 66.3 Å². The Kier molecular flexibility index (Phi) is 6.35. The predicted molar refractivity (Wildman–Crippen MR) is 79.6 cm³/mol. The van der Waals surface area contributed by atoms with Crippen LogP contribution in [-0.2, 0) is 4.79 Å². The molecule has 1 aromatic heterocycles. The van der Waals surface area contributed by atoms with E-state index in [4.69, 9.17) is 5.11 Å². The minimum atomic E-state index is -0.980. The van der Waals surface area contributed by atoms with Crippen molar-refractivity contribution >= 4 is 29.8 Å². The second kappa shape index (κ2) is 7.78. The number of hydrogen-bond donors (Lipinski definition) is 1. The van der Waals surface area contributed by atoms with Crippen molar-refractivity contribution in [3.63, 3.8) is 0 Å². The number of anilines is 1. The molecule has 1 unspecified atom stereocenters. The molecule has 0 aliphatic carbocycles. The van der Waals surface area contributed by atoms with Crippen LogP contribution in [0.3, 0.4) is 0 Å². The Labute approximate surface area is 117 Å². The molecule has 104 valence electrons. The Morgan fingerprint density at radius 1 is 1.53 bits per heavy atom. The van der Waals surface area contributed by atoms with Crippen molar-refractivity contribution in [1.29, 1.82) is 0 Å². The number of thioether (sulfide) groups is 1. The smallest absolute Gasteiger partial charge is 0.328 e. The van der Waals surface area contributed by atoms with Gasteiger partial charge < -0.3 is 10.0 Å². The molecule has 1 atom stereocenters. The molecule has 0 bridgehead atoms. The first-order valence-electron chi connectivity index (χ1n) is 5.99. The molecule has 0 radical (unpaired) electrons. The fourth-order valence-corrected chi connectivity index (χ4v) is 2.02. The number of carboxylic acid groups (broad SMARTS) is 1. The highest BCUT2D eigenvalue weighted by Gasteiger charge is 2.11. The molecule has 0 aliphatic rings. The Morgan fingerprint density at radius 2 is 2.16 bits per heavy atom. The molecule has 0 saturated heterocycles. The largest absolute Gasteiger partial charge is 0.478 e. The quantitative estimate of drug-likeness (QED) is 0.773. The monoisotopic (exact) mass is 281 g/mol. The van der Waals surface area contributed by atoms with Gasteiger partial charge in [0.1, 0.15) is 0 Å². The van der Waals surface area contributed by atoms with Gasteiger partial charge in [-0.1, -0.05) is 0 Å². The van der Waals surface area contributed by atoms with Crippen LogP contribution in [0.25, 0.3) is 6.08 Å². The van der Waals surface area contributed by atoms with Crippen LogP contribution in [0.4, 0.5) is 5.95 Å². The molecule has 0 spiro atoms. The van der Waals surface area contributed by atoms with Crippen LogP contribution in [-0.4, -0.2) is 46.1 Å². The van der Waals surface area contributed by atoms with Crippen LogP contribution in [0.2, 0.25) is 0 Å². The molecule has 0 aliphatic heterocycles. The summed E-state index contributed by atoms with van der Waals surface area (Å²) in [6.07, 6.45) is 8.96. The third-order valence-corrected chi connectivity index (χ3v) is 3.44. The van der Waals surface area contributed by atoms with Crippen molar-refractivity contribution in [2.45, 2.75) is 19.4 Å². The fourth-order valence-electron chi connectivity index (χ4n) is 1.45. The standard InChI is InChI=1S/C13H19N3O2S/c1-10(6-7-19-3)16(2)13-14-8-11(9-15-13)4-5-12(17)18/h4-5,8-10H,6-7H2,1-3H3,(H,17,18)/b5-4+. The lowest BCUT2D eigenvalue weighted by atomic mass is 10.2. The molecular weight excluding hydrogens is 262 g/mol. The first kappa shape index (κ1) is 15.5. The summed E-state index contributed by atoms with van der Waals surface area (Å²) >= 11 is 1.82. The lowest BCUT2D eigenvalue weighted by Crippen LogP contribution is -2.30. The number of carboxylic acids is 1. The average Bonchev–Trinajstić information content (AvgIpc) is 2.42. The highest BCUT2D eigenvalue weighted by atomic mass is 32.2. The number of carbonyl (C=O) groups is 1. The minimum Gasteiger partial charge on any atom is -0.478 e. The molecular formula is C13H19N3O2S. The van der Waals surface area contributed by atoms with Crippen LogP contribution in [0, 0.1) is 0 Å². The minimum absolute atomic E-state index is 0.368. The zero-order valence-corrected chi connectivity index (χ0v) is 12.2. The van der Waals surface area contributed by atoms with E-state index in [0.29, 0.717) is 17.6 Å². The van der Waals surface area contributed by atoms with E-state index in [9.17, 15) is 4.79 Å². The van der Waals surface area contributed by atoms with Crippen LogP contribution < -0.4 is 4.90 Å². The zero-order valence-electron chi connectivity index (χ0n) is 11.4. The van der Waals surface area contributed by atoms with Crippen LogP contribution in [0.1, 0.15) is 18.9 Å². The molecule has 0 fully saturated rings. The Bertz CT molecular complexity index is 434. The van der Waals surface area contributed by atoms with Gasteiger partial charge >= 0.3 is 5.97 Å². The van der Waals surface area contributed by atoms with Crippen LogP contribution in [0.15, 0.2) is 18.5 Å². The maximum Gasteiger partial charge on any atom is 0.328 e. The molecule has 0 amide bonds. The van der Waals surface area contributed by atoms with E-state index in [2.05, 4.69) is 23.1 Å². The van der Waals surface area contributed by atoms with Crippen molar-refractivity contribution in [2.75, 3.05) is 24.0 Å². The number of aliphatic carboxylic acids is 1. The maximum absolute atomic E-state index is 10.4. The van der Waals surface area contributed by atoms with E-state index >= 15 is 0 Å². The number of nitrogens with zero attached hydrogens (tertiary/aromatic N) is 3. The molecule has 1 heterocycles. The number of rotatable bonds is 7. The zero-order chi connectivity index (χ0) is 14.3. The SMILES string of the molecule is CSCCC(C)N(C)c1ncc(/C=C/C(=O)O)cn1. The lowest BCUT2D eigenvalue weighted by Gasteiger charge is -2.24. The van der Waals surface area contributed by atoms with E-state index in [0.717, 1.165) is 18.2 Å². The second-order valence-corrected chi connectivity index (χ2v) is 5.21. The fraction of sp³-hybridized carbons (Fsp3) is 0.462. The van der Waals surface area contributed by atoms with Gasteiger partial charge in [0.25, 0.3) is 0 Å². The summed E-state index contributed by atoms with van der Waals surface area (Å²) in [6, 6.07) is 0.368. The van der Waals surface area contributed by atoms with Gasteiger partial charge in [-0.3, -0.25) is 0 Å². The highest BCUT2D eigenvalue weighted by molar-refractivity contribution is 7.98. The predicted octanol–water partition coefficient (Wildman–Crippen LogP) is 2.15. The van der Waals surface area contributed by atoms with Gasteiger partial charge in [0, 0.05) is 37.1 Å². The molecule has 19 heavy (non-hydrogen) atoms. The summed E-state index contributed by atoms with van der Waals surface area (Å²) in [7, 11) is 1.97. The van der Waals surface area contributed by atoms with Gasteiger partial charge in [0.15, 0.2) is 0 Å². The summed E-state index contributed by atoms with van der Waals surface area (Å²) in [5.41, 5.74) is 0.677. The summed E-state index contributed by atoms with van der Waals surface area (Å²) in [5, 5.41) is 8.53. The normalized spacial score (nSPS) is 12.6. The van der Waals surface area contributed by atoms with E-state index in [-0.39, 0.29) is 0 Å². The number of hydrogen-bond acceptors (Lipinski definition) is 5. The molecule has 5 nitrogen and oxygen atoms in total. The second-order valence-electron chi connectivity index (χ2n) is 4.23. The summed E-state index contributed by atoms with van der Waals surface area (Å²) in [4.78, 5) is 20.9. The molecule has 6 heteroatoms. The van der Waals surface area contributed by atoms with Gasteiger partial charge in [-0.2, -0.15) is 11.8 Å². The first-order chi connectivity index (χ1) is 9.04. The molecule has 0 saturated carbocycles. The van der Waals surface area contributed by atoms with E-state index in [1.165, 1.54) is 6.08 Å². The molecule has 0 aromatic carbocycles. The molecule has 1 rings (SSSR count). The van der Waals surface area contributed by atoms with Gasteiger partial charge in [0.2, 0.25) is 5.95 Å². The third kappa shape index (κ3) is 5.30. The molecule has 1 N–H and O–H groups in total. The lowest BCUT2D eigenvalue weighted by molar-refractivity contribution is -0.131. The van der Waals surface area contributed by atoms with Gasteiger partial charge in [0.05, 0.1) is 0 Å². The number of aromatic nitrogens is 2. The summed E-state index contributed by atoms with van der Waals surface area (Å²) < 4.78 is 0. The van der Waals surface area contributed by atoms with Crippen LogP contribution in [0.5, 0.6) is 0 Å². The van der Waals surface area contributed by atoms with Crippen molar-refractivity contribution < 1.29 is 9.90 Å². The first-order valence-corrected chi connectivity index (χ1v) is 7.38. The van der Waals surface area contributed by atoms with Crippen molar-refractivity contribution in [2.24, 2.45) is 0 Å². The maximum atomic E-state index is 10.4. The highest BCUT2D eigenvalue weighted by Crippen LogP contribution is 2.13. The average molecular weight is 281 g/mol. The molecule has 1 aromatic rings. The Morgan fingerprint density at radius 3 is 2.68 bits per heavy atom. The van der Waals surface area contributed by atoms with Gasteiger partial charge in [-0.05, 0) is 31.4 Å². The van der Waals surface area contributed by atoms with E-state index in [1.54, 1.807) is 12.4 Å². The third-order valence-electron chi connectivity index (χ3n) is 2.79. The van der Waals surface area contributed by atoms with Crippen LogP contribution >= 0.6 is 11.8 Å². The Balaban J connectivity index is 2.67. The van der Waals surface area contributed by atoms with E-state index in [1.807, 2.05) is 23.7 Å². The van der Waals surface area contributed by atoms with Gasteiger partial charge in [-0.15, -0.1) is 0 Å².